The molecule has 2 N–H and O–H groups in total. The molecule has 3 aromatic rings. The van der Waals surface area contributed by atoms with E-state index in [4.69, 9.17) is 9.97 Å². The summed E-state index contributed by atoms with van der Waals surface area (Å²) >= 11 is 0. The van der Waals surface area contributed by atoms with Crippen LogP contribution in [0.5, 0.6) is 0 Å². The van der Waals surface area contributed by atoms with Crippen LogP contribution in [-0.4, -0.2) is 43.8 Å². The van der Waals surface area contributed by atoms with Gasteiger partial charge in [0.15, 0.2) is 0 Å². The van der Waals surface area contributed by atoms with Crippen molar-refractivity contribution in [1.82, 2.24) is 19.9 Å². The molecule has 12 nitrogen and oxygen atoms in total. The number of hydrogen-bond acceptors (Lipinski definition) is 10. The fraction of sp³-hybridized carbons (Fsp3) is 0.333. The van der Waals surface area contributed by atoms with Crippen molar-refractivity contribution in [2.45, 2.75) is 79.1 Å². The van der Waals surface area contributed by atoms with Gasteiger partial charge in [-0.3, -0.25) is 0 Å². The number of carboxylic acid groups (broad SMARTS) is 4. The molecule has 250 valence electrons. The number of carbonyl (C=O) groups is 4. The first kappa shape index (κ1) is 40.2. The van der Waals surface area contributed by atoms with Crippen molar-refractivity contribution in [2.75, 3.05) is 0 Å². The van der Waals surface area contributed by atoms with Gasteiger partial charge in [-0.05, 0) is 148 Å². The second-order valence-corrected chi connectivity index (χ2v) is 12.1. The molecule has 3 aromatic heterocycles. The summed E-state index contributed by atoms with van der Waals surface area (Å²) < 4.78 is 0. The first-order chi connectivity index (χ1) is 22.7. The first-order valence-corrected chi connectivity index (χ1v) is 15.7. The van der Waals surface area contributed by atoms with Gasteiger partial charge < -0.3 is 49.6 Å². The van der Waals surface area contributed by atoms with Crippen LogP contribution in [0.4, 0.5) is 0 Å². The second-order valence-electron chi connectivity index (χ2n) is 12.1. The van der Waals surface area contributed by atoms with Crippen molar-refractivity contribution >= 4 is 68.2 Å². The van der Waals surface area contributed by atoms with Crippen LogP contribution < -0.4 is 20.4 Å². The minimum Gasteiger partial charge on any atom is -0.550 e. The van der Waals surface area contributed by atoms with Gasteiger partial charge in [-0.2, -0.15) is 0 Å². The summed E-state index contributed by atoms with van der Waals surface area (Å²) in [4.78, 5) is 62.4. The van der Waals surface area contributed by atoms with E-state index in [-0.39, 0.29) is 90.3 Å². The number of carboxylic acids is 4. The number of nitrogens with zero attached hydrogens (tertiary/aromatic N) is 2. The maximum Gasteiger partial charge on any atom is 2.00 e. The molecule has 0 atom stereocenters. The molecule has 5 heterocycles. The van der Waals surface area contributed by atoms with E-state index in [1.54, 1.807) is 24.3 Å². The summed E-state index contributed by atoms with van der Waals surface area (Å²) in [6.45, 7) is 7.38. The molecule has 0 aromatic carbocycles. The van der Waals surface area contributed by atoms with Crippen LogP contribution in [0.2, 0.25) is 0 Å². The average molecular weight is 781 g/mol. The molecule has 2 aliphatic heterocycles. The molecule has 50 heavy (non-hydrogen) atoms. The van der Waals surface area contributed by atoms with Gasteiger partial charge in [0, 0.05) is 45.9 Å². The monoisotopic (exact) mass is 778 g/mol. The largest absolute Gasteiger partial charge is 2.00 e. The van der Waals surface area contributed by atoms with Gasteiger partial charge in [0.2, 0.25) is 0 Å². The van der Waals surface area contributed by atoms with E-state index in [0.717, 1.165) is 33.4 Å². The molecule has 8 bridgehead atoms. The minimum atomic E-state index is -1.21. The number of aliphatic carboxylic acids is 4. The van der Waals surface area contributed by atoms with Crippen LogP contribution in [0.25, 0.3) is 44.4 Å². The van der Waals surface area contributed by atoms with Gasteiger partial charge in [0.05, 0.1) is 22.8 Å². The van der Waals surface area contributed by atoms with Crippen LogP contribution in [0.15, 0.2) is 24.3 Å². The average Bonchev–Trinajstić information content (AvgIpc) is 3.66. The number of rotatable bonds is 12. The molecule has 0 amide bonds. The zero-order chi connectivity index (χ0) is 34.9. The number of hydrogen-bond donors (Lipinski definition) is 2. The fourth-order valence-corrected chi connectivity index (χ4v) is 6.40. The van der Waals surface area contributed by atoms with Gasteiger partial charge in [0.1, 0.15) is 0 Å². The van der Waals surface area contributed by atoms with E-state index in [1.165, 1.54) is 0 Å². The van der Waals surface area contributed by atoms with Crippen molar-refractivity contribution in [3.05, 3.63) is 69.3 Å². The van der Waals surface area contributed by atoms with E-state index in [1.807, 2.05) is 27.7 Å². The molecule has 0 saturated heterocycles. The van der Waals surface area contributed by atoms with E-state index in [9.17, 15) is 39.6 Å². The predicted octanol–water partition coefficient (Wildman–Crippen LogP) is 1.21. The minimum absolute atomic E-state index is 0. The number of fused-ring (bicyclic) bond motifs is 8. The number of aromatic amines is 2. The number of H-pyrrole nitrogens is 2. The number of aryl methyl sites for hydroxylation is 4. The van der Waals surface area contributed by atoms with Crippen LogP contribution in [0.3, 0.4) is 0 Å². The zero-order valence-electron chi connectivity index (χ0n) is 28.5. The Labute approximate surface area is 313 Å². The number of nitrogens with one attached hydrogen (secondary N) is 2. The van der Waals surface area contributed by atoms with Crippen molar-refractivity contribution in [3.8, 4) is 0 Å². The summed E-state index contributed by atoms with van der Waals surface area (Å²) in [7, 11) is 0. The quantitative estimate of drug-likeness (QED) is 0.251. The molecular weight excluding hydrogens is 747 g/mol. The maximum absolute atomic E-state index is 11.5. The van der Waals surface area contributed by atoms with E-state index in [2.05, 4.69) is 9.97 Å². The van der Waals surface area contributed by atoms with Crippen molar-refractivity contribution in [1.29, 1.82) is 0 Å². The summed E-state index contributed by atoms with van der Waals surface area (Å²) in [5.41, 5.74) is 10.5. The zero-order valence-corrected chi connectivity index (χ0v) is 34.5. The molecular formula is C36H34N4O8Zn2. The van der Waals surface area contributed by atoms with Gasteiger partial charge in [-0.15, -0.1) is 0 Å². The Balaban J connectivity index is 0.00000338. The van der Waals surface area contributed by atoms with Gasteiger partial charge in [-0.25, -0.2) is 9.97 Å². The van der Waals surface area contributed by atoms with E-state index in [0.29, 0.717) is 56.0 Å². The van der Waals surface area contributed by atoms with Gasteiger partial charge in [-0.1, -0.05) is 0 Å². The number of allylic oxidation sites excluding steroid dienone is 4. The summed E-state index contributed by atoms with van der Waals surface area (Å²) in [6.07, 6.45) is -0.243. The molecule has 0 saturated carbocycles. The Hall–Kier alpha value is -4.27. The Bertz CT molecular complexity index is 1960. The molecule has 2 aliphatic rings. The second kappa shape index (κ2) is 16.6. The molecule has 0 spiro atoms. The summed E-state index contributed by atoms with van der Waals surface area (Å²) in [5, 5.41) is 45.9. The van der Waals surface area contributed by atoms with Crippen LogP contribution in [-0.2, 0) is 71.0 Å². The number of aromatic nitrogens is 4. The molecule has 14 heteroatoms. The number of carbonyl (C=O) groups excluding carboxylic acids is 4. The Morgan fingerprint density at radius 3 is 1.12 bits per heavy atom. The van der Waals surface area contributed by atoms with Gasteiger partial charge in [0.25, 0.3) is 0 Å². The Kier molecular flexibility index (Phi) is 13.4. The molecule has 0 unspecified atom stereocenters. The maximum atomic E-state index is 11.5. The van der Waals surface area contributed by atoms with E-state index < -0.39 is 23.9 Å². The summed E-state index contributed by atoms with van der Waals surface area (Å²) in [5.74, 6) is -4.81. The Morgan fingerprint density at radius 1 is 0.500 bits per heavy atom. The SMILES string of the molecule is CC1=C(CCC(=O)[O-])c2cc3[nH]c(cc4nc(cc5[nH]c(cc1n2)c(CCC(=O)[O-])c5C)C(CCC(=O)[O-])=C4C)c(CCC(=O)[O-])c3C.[Zn+2].[Zn+2]. The third-order valence-electron chi connectivity index (χ3n) is 9.12. The van der Waals surface area contributed by atoms with Crippen molar-refractivity contribution in [3.63, 3.8) is 0 Å². The first-order valence-electron chi connectivity index (χ1n) is 15.7. The third kappa shape index (κ3) is 8.71. The Morgan fingerprint density at radius 2 is 0.800 bits per heavy atom. The van der Waals surface area contributed by atoms with Crippen molar-refractivity contribution in [2.24, 2.45) is 0 Å². The smallest absolute Gasteiger partial charge is 0.550 e. The van der Waals surface area contributed by atoms with Crippen LogP contribution >= 0.6 is 0 Å². The molecule has 0 fully saturated rings. The third-order valence-corrected chi connectivity index (χ3v) is 9.12. The normalized spacial score (nSPS) is 12.4. The van der Waals surface area contributed by atoms with Crippen LogP contribution in [0.1, 0.15) is 97.4 Å². The molecule has 0 aliphatic carbocycles. The fourth-order valence-electron chi connectivity index (χ4n) is 6.40. The molecule has 5 rings (SSSR count). The van der Waals surface area contributed by atoms with E-state index >= 15 is 0 Å². The topological polar surface area (TPSA) is 218 Å². The molecule has 0 radical (unpaired) electrons. The van der Waals surface area contributed by atoms with Crippen LogP contribution in [0, 0.1) is 13.8 Å². The predicted molar refractivity (Wildman–Crippen MR) is 171 cm³/mol. The van der Waals surface area contributed by atoms with Gasteiger partial charge >= 0.3 is 39.0 Å². The summed E-state index contributed by atoms with van der Waals surface area (Å²) in [6, 6.07) is 7.20. The van der Waals surface area contributed by atoms with Crippen molar-refractivity contribution < 1.29 is 78.6 Å². The standard InChI is InChI=1S/C36H38N4O8.2Zn/c1-17-21(5-9-33(41)42)29-14-26-19(3)23(7-11-35(45)46)31(39-26)16-28-20(4)24(8-12-36(47)48)32(40-28)15-27-18(2)22(6-10-34(43)44)30(38-27)13-25(17)37-29;;/h13-16,37,40H,5-12H2,1-4H3,(H,41,42)(H,43,44)(H,45,46)(H,47,48);;/q;2*+2/p-4.